The fourth-order valence-electron chi connectivity index (χ4n) is 2.35. The molecule has 1 aliphatic rings. The van der Waals surface area contributed by atoms with Gasteiger partial charge in [-0.3, -0.25) is 9.69 Å². The van der Waals surface area contributed by atoms with Crippen LogP contribution in [0.5, 0.6) is 0 Å². The average molecular weight is 353 g/mol. The quantitative estimate of drug-likeness (QED) is 0.800. The van der Waals surface area contributed by atoms with Gasteiger partial charge in [0.25, 0.3) is 0 Å². The summed E-state index contributed by atoms with van der Waals surface area (Å²) < 4.78 is 0. The number of nitrogens with one attached hydrogen (secondary N) is 2. The first kappa shape index (κ1) is 18.5. The molecule has 1 aliphatic heterocycles. The maximum Gasteiger partial charge on any atom is 0.157 e. The molecule has 0 saturated carbocycles. The molecule has 1 aromatic rings. The molecule has 21 heavy (non-hydrogen) atoms. The van der Waals surface area contributed by atoms with Crippen LogP contribution in [0.4, 0.5) is 5.69 Å². The van der Waals surface area contributed by atoms with Crippen molar-refractivity contribution < 1.29 is 4.79 Å². The van der Waals surface area contributed by atoms with Crippen LogP contribution in [0.2, 0.25) is 10.0 Å². The van der Waals surface area contributed by atoms with Crippen LogP contribution < -0.4 is 10.6 Å². The molecule has 2 rings (SSSR count). The Morgan fingerprint density at radius 3 is 2.52 bits per heavy atom. The van der Waals surface area contributed by atoms with Gasteiger partial charge in [-0.25, -0.2) is 0 Å². The van der Waals surface area contributed by atoms with Gasteiger partial charge in [0.2, 0.25) is 0 Å². The first-order valence-corrected chi connectivity index (χ1v) is 7.55. The molecule has 1 unspecified atom stereocenters. The number of carbonyl (C=O) groups is 1. The van der Waals surface area contributed by atoms with Gasteiger partial charge >= 0.3 is 0 Å². The van der Waals surface area contributed by atoms with Gasteiger partial charge in [-0.15, -0.1) is 12.4 Å². The highest BCUT2D eigenvalue weighted by Crippen LogP contribution is 2.30. The Hall–Kier alpha value is -0.520. The summed E-state index contributed by atoms with van der Waals surface area (Å²) in [6.45, 7) is 5.53. The second-order valence-corrected chi connectivity index (χ2v) is 5.60. The number of carbonyl (C=O) groups excluding carboxylic acids is 1. The van der Waals surface area contributed by atoms with Crippen LogP contribution in [0.1, 0.15) is 12.5 Å². The summed E-state index contributed by atoms with van der Waals surface area (Å²) in [5.41, 5.74) is 1.93. The number of hydrogen-bond acceptors (Lipinski definition) is 4. The summed E-state index contributed by atoms with van der Waals surface area (Å²) in [5, 5.41) is 7.58. The molecule has 0 radical (unpaired) electrons. The number of halogens is 3. The Kier molecular flexibility index (Phi) is 7.77. The monoisotopic (exact) mass is 351 g/mol. The van der Waals surface area contributed by atoms with Crippen molar-refractivity contribution in [2.45, 2.75) is 19.5 Å². The van der Waals surface area contributed by atoms with E-state index in [4.69, 9.17) is 23.2 Å². The van der Waals surface area contributed by atoms with E-state index >= 15 is 0 Å². The van der Waals surface area contributed by atoms with Crippen molar-refractivity contribution in [3.8, 4) is 0 Å². The Morgan fingerprint density at radius 2 is 1.95 bits per heavy atom. The largest absolute Gasteiger partial charge is 0.363 e. The number of aryl methyl sites for hydroxylation is 1. The van der Waals surface area contributed by atoms with Gasteiger partial charge in [-0.2, -0.15) is 0 Å². The number of rotatable bonds is 5. The minimum absolute atomic E-state index is 0. The number of benzene rings is 1. The van der Waals surface area contributed by atoms with Crippen molar-refractivity contribution in [3.63, 3.8) is 0 Å². The highest BCUT2D eigenvalue weighted by Gasteiger charge is 2.20. The summed E-state index contributed by atoms with van der Waals surface area (Å²) in [6.07, 6.45) is 1.43. The molecule has 7 heteroatoms. The molecule has 1 saturated heterocycles. The summed E-state index contributed by atoms with van der Waals surface area (Å²) in [4.78, 5) is 13.5. The molecule has 1 atom stereocenters. The van der Waals surface area contributed by atoms with Crippen LogP contribution in [0.15, 0.2) is 12.1 Å². The zero-order chi connectivity index (χ0) is 14.5. The minimum Gasteiger partial charge on any atom is -0.363 e. The van der Waals surface area contributed by atoms with Gasteiger partial charge in [-0.05, 0) is 24.1 Å². The van der Waals surface area contributed by atoms with E-state index in [1.54, 1.807) is 6.07 Å². The molecule has 1 fully saturated rings. The summed E-state index contributed by atoms with van der Waals surface area (Å²) in [5.74, 6) is 0. The van der Waals surface area contributed by atoms with Crippen molar-refractivity contribution in [1.29, 1.82) is 0 Å². The van der Waals surface area contributed by atoms with Gasteiger partial charge in [0.1, 0.15) is 6.17 Å². The van der Waals surface area contributed by atoms with Crippen molar-refractivity contribution in [2.24, 2.45) is 0 Å². The standard InChI is InChI=1S/C14H19Cl2N3O.ClH/c1-2-10-7-11(15)12(16)8-13(10)18-14(9-20)19-5-3-17-4-6-19;/h7-9,14,17-18H,2-6H2,1H3;1H. The van der Waals surface area contributed by atoms with Crippen molar-refractivity contribution in [3.05, 3.63) is 27.7 Å². The molecule has 0 aliphatic carbocycles. The third-order valence-electron chi connectivity index (χ3n) is 3.50. The van der Waals surface area contributed by atoms with E-state index in [0.29, 0.717) is 10.0 Å². The fraction of sp³-hybridized carbons (Fsp3) is 0.500. The van der Waals surface area contributed by atoms with Crippen LogP contribution >= 0.6 is 35.6 Å². The van der Waals surface area contributed by atoms with Gasteiger partial charge in [0.05, 0.1) is 10.0 Å². The molecule has 2 N–H and O–H groups in total. The zero-order valence-electron chi connectivity index (χ0n) is 11.9. The van der Waals surface area contributed by atoms with Crippen molar-refractivity contribution >= 4 is 47.6 Å². The van der Waals surface area contributed by atoms with E-state index in [9.17, 15) is 4.79 Å². The fourth-order valence-corrected chi connectivity index (χ4v) is 2.70. The third-order valence-corrected chi connectivity index (χ3v) is 4.23. The van der Waals surface area contributed by atoms with Crippen molar-refractivity contribution in [2.75, 3.05) is 31.5 Å². The molecule has 0 bridgehead atoms. The number of aldehydes is 1. The highest BCUT2D eigenvalue weighted by molar-refractivity contribution is 6.42. The maximum absolute atomic E-state index is 11.4. The molecule has 0 aromatic heterocycles. The first-order valence-electron chi connectivity index (χ1n) is 6.80. The smallest absolute Gasteiger partial charge is 0.157 e. The molecule has 0 amide bonds. The molecule has 0 spiro atoms. The third kappa shape index (κ3) is 4.73. The predicted molar refractivity (Wildman–Crippen MR) is 91.0 cm³/mol. The molecule has 1 heterocycles. The molecule has 4 nitrogen and oxygen atoms in total. The second-order valence-electron chi connectivity index (χ2n) is 4.79. The lowest BCUT2D eigenvalue weighted by Gasteiger charge is -2.33. The Bertz CT molecular complexity index is 479. The van der Waals surface area contributed by atoms with Crippen molar-refractivity contribution in [1.82, 2.24) is 10.2 Å². The summed E-state index contributed by atoms with van der Waals surface area (Å²) in [7, 11) is 0. The van der Waals surface area contributed by atoms with E-state index in [0.717, 1.165) is 50.1 Å². The lowest BCUT2D eigenvalue weighted by atomic mass is 10.1. The van der Waals surface area contributed by atoms with E-state index in [1.165, 1.54) is 0 Å². The highest BCUT2D eigenvalue weighted by atomic mass is 35.5. The van der Waals surface area contributed by atoms with E-state index < -0.39 is 0 Å². The topological polar surface area (TPSA) is 44.4 Å². The van der Waals surface area contributed by atoms with Gasteiger partial charge < -0.3 is 10.6 Å². The lowest BCUT2D eigenvalue weighted by Crippen LogP contribution is -2.51. The van der Waals surface area contributed by atoms with Crippen LogP contribution in [-0.2, 0) is 11.2 Å². The Balaban J connectivity index is 0.00000220. The number of hydrogen-bond donors (Lipinski definition) is 2. The summed E-state index contributed by atoms with van der Waals surface area (Å²) in [6, 6.07) is 3.65. The van der Waals surface area contributed by atoms with E-state index in [2.05, 4.69) is 15.5 Å². The lowest BCUT2D eigenvalue weighted by molar-refractivity contribution is -0.111. The SMILES string of the molecule is CCc1cc(Cl)c(Cl)cc1NC(C=O)N1CCNCC1.Cl. The van der Waals surface area contributed by atoms with Crippen LogP contribution in [0.3, 0.4) is 0 Å². The maximum atomic E-state index is 11.4. The number of nitrogens with zero attached hydrogens (tertiary/aromatic N) is 1. The molecular formula is C14H20Cl3N3O. The summed E-state index contributed by atoms with van der Waals surface area (Å²) >= 11 is 12.1. The molecule has 1 aromatic carbocycles. The Labute approximate surface area is 141 Å². The van der Waals surface area contributed by atoms with E-state index in [1.807, 2.05) is 13.0 Å². The number of piperazine rings is 1. The predicted octanol–water partition coefficient (Wildman–Crippen LogP) is 2.82. The molecule has 118 valence electrons. The zero-order valence-corrected chi connectivity index (χ0v) is 14.2. The van der Waals surface area contributed by atoms with Gasteiger partial charge in [-0.1, -0.05) is 30.1 Å². The van der Waals surface area contributed by atoms with Gasteiger partial charge in [0, 0.05) is 31.9 Å². The van der Waals surface area contributed by atoms with Crippen LogP contribution in [-0.4, -0.2) is 43.5 Å². The van der Waals surface area contributed by atoms with Gasteiger partial charge in [0.15, 0.2) is 6.29 Å². The average Bonchev–Trinajstić information content (AvgIpc) is 2.48. The number of anilines is 1. The molecular weight excluding hydrogens is 333 g/mol. The first-order chi connectivity index (χ1) is 9.65. The van der Waals surface area contributed by atoms with Crippen LogP contribution in [0.25, 0.3) is 0 Å². The minimum atomic E-state index is -0.334. The Morgan fingerprint density at radius 1 is 1.33 bits per heavy atom. The van der Waals surface area contributed by atoms with Crippen LogP contribution in [0, 0.1) is 0 Å². The normalized spacial score (nSPS) is 16.9. The second kappa shape index (κ2) is 8.81. The van der Waals surface area contributed by atoms with E-state index in [-0.39, 0.29) is 18.6 Å².